The quantitative estimate of drug-likeness (QED) is 0.812. The molecule has 3 heteroatoms. The third kappa shape index (κ3) is 3.04. The van der Waals surface area contributed by atoms with Crippen LogP contribution in [0.25, 0.3) is 0 Å². The minimum Gasteiger partial charge on any atom is -0.157 e. The van der Waals surface area contributed by atoms with Crippen molar-refractivity contribution in [1.82, 2.24) is 10.2 Å². The first-order chi connectivity index (χ1) is 7.74. The molecular formula is C13H13ClN2. The van der Waals surface area contributed by atoms with Crippen LogP contribution in [0.4, 0.5) is 0 Å². The van der Waals surface area contributed by atoms with Crippen LogP contribution in [0.3, 0.4) is 0 Å². The Balaban J connectivity index is 1.99. The summed E-state index contributed by atoms with van der Waals surface area (Å²) in [6, 6.07) is 10.4. The van der Waals surface area contributed by atoms with Crippen molar-refractivity contribution >= 4 is 11.6 Å². The number of halogens is 1. The predicted molar refractivity (Wildman–Crippen MR) is 65.6 cm³/mol. The molecule has 0 fully saturated rings. The normalized spacial score (nSPS) is 10.4. The minimum atomic E-state index is 0.647. The summed E-state index contributed by atoms with van der Waals surface area (Å²) in [4.78, 5) is 0. The van der Waals surface area contributed by atoms with Crippen molar-refractivity contribution in [2.45, 2.75) is 19.8 Å². The van der Waals surface area contributed by atoms with Crippen molar-refractivity contribution in [2.24, 2.45) is 0 Å². The summed E-state index contributed by atoms with van der Waals surface area (Å²) in [5, 5.41) is 8.51. The maximum atomic E-state index is 5.84. The molecule has 2 nitrogen and oxygen atoms in total. The maximum Gasteiger partial charge on any atom is 0.0682 e. The number of aryl methyl sites for hydroxylation is 3. The van der Waals surface area contributed by atoms with Gasteiger partial charge in [0.1, 0.15) is 0 Å². The Morgan fingerprint density at radius 1 is 1.12 bits per heavy atom. The molecule has 0 radical (unpaired) electrons. The fourth-order valence-corrected chi connectivity index (χ4v) is 1.70. The molecule has 0 aliphatic rings. The average Bonchev–Trinajstić information content (AvgIpc) is 2.28. The smallest absolute Gasteiger partial charge is 0.0682 e. The Hall–Kier alpha value is -1.41. The lowest BCUT2D eigenvalue weighted by atomic mass is 10.1. The molecule has 0 atom stereocenters. The zero-order chi connectivity index (χ0) is 11.4. The lowest BCUT2D eigenvalue weighted by molar-refractivity contribution is 0.859. The highest BCUT2D eigenvalue weighted by molar-refractivity contribution is 6.30. The number of hydrogen-bond donors (Lipinski definition) is 0. The topological polar surface area (TPSA) is 25.8 Å². The summed E-state index contributed by atoms with van der Waals surface area (Å²) in [5.74, 6) is 0. The van der Waals surface area contributed by atoms with Crippen molar-refractivity contribution in [1.29, 1.82) is 0 Å². The molecule has 0 bridgehead atoms. The molecule has 0 amide bonds. The first-order valence-electron chi connectivity index (χ1n) is 5.27. The van der Waals surface area contributed by atoms with E-state index in [1.54, 1.807) is 6.20 Å². The fourth-order valence-electron chi connectivity index (χ4n) is 1.53. The highest BCUT2D eigenvalue weighted by Crippen LogP contribution is 2.10. The van der Waals surface area contributed by atoms with E-state index in [0.29, 0.717) is 5.02 Å². The Morgan fingerprint density at radius 2 is 1.88 bits per heavy atom. The summed E-state index contributed by atoms with van der Waals surface area (Å²) in [5.41, 5.74) is 3.53. The SMILES string of the molecule is Cc1ccc(CCc2cc(Cl)cnn2)cc1. The minimum absolute atomic E-state index is 0.647. The number of aromatic nitrogens is 2. The highest BCUT2D eigenvalue weighted by Gasteiger charge is 1.98. The Labute approximate surface area is 100 Å². The van der Waals surface area contributed by atoms with E-state index in [9.17, 15) is 0 Å². The number of benzene rings is 1. The van der Waals surface area contributed by atoms with Gasteiger partial charge in [0.05, 0.1) is 16.9 Å². The summed E-state index contributed by atoms with van der Waals surface area (Å²) in [7, 11) is 0. The van der Waals surface area contributed by atoms with Crippen molar-refractivity contribution in [3.8, 4) is 0 Å². The third-order valence-electron chi connectivity index (χ3n) is 2.46. The highest BCUT2D eigenvalue weighted by atomic mass is 35.5. The lowest BCUT2D eigenvalue weighted by Crippen LogP contribution is -1.96. The van der Waals surface area contributed by atoms with Gasteiger partial charge in [0.25, 0.3) is 0 Å². The molecule has 2 aromatic rings. The second kappa shape index (κ2) is 5.08. The van der Waals surface area contributed by atoms with Gasteiger partial charge in [-0.1, -0.05) is 41.4 Å². The first kappa shape index (κ1) is 11.1. The van der Waals surface area contributed by atoms with Gasteiger partial charge >= 0.3 is 0 Å². The molecule has 0 aliphatic carbocycles. The monoisotopic (exact) mass is 232 g/mol. The molecule has 0 N–H and O–H groups in total. The number of nitrogens with zero attached hydrogens (tertiary/aromatic N) is 2. The summed E-state index contributed by atoms with van der Waals surface area (Å²) in [6.45, 7) is 2.09. The van der Waals surface area contributed by atoms with E-state index < -0.39 is 0 Å². The molecule has 1 heterocycles. The van der Waals surface area contributed by atoms with E-state index in [2.05, 4.69) is 41.4 Å². The molecule has 1 aromatic carbocycles. The van der Waals surface area contributed by atoms with Gasteiger partial charge < -0.3 is 0 Å². The summed E-state index contributed by atoms with van der Waals surface area (Å²) in [6.07, 6.45) is 3.39. The van der Waals surface area contributed by atoms with Gasteiger partial charge in [-0.05, 0) is 31.4 Å². The van der Waals surface area contributed by atoms with E-state index in [1.807, 2.05) is 6.07 Å². The van der Waals surface area contributed by atoms with E-state index in [4.69, 9.17) is 11.6 Å². The Bertz CT molecular complexity index is 466. The van der Waals surface area contributed by atoms with Crippen LogP contribution < -0.4 is 0 Å². The Kier molecular flexibility index (Phi) is 3.52. The molecule has 0 spiro atoms. The zero-order valence-electron chi connectivity index (χ0n) is 9.15. The number of hydrogen-bond acceptors (Lipinski definition) is 2. The predicted octanol–water partition coefficient (Wildman–Crippen LogP) is 3.22. The van der Waals surface area contributed by atoms with E-state index in [-0.39, 0.29) is 0 Å². The standard InChI is InChI=1S/C13H13ClN2/c1-10-2-4-11(5-3-10)6-7-13-8-12(14)9-15-16-13/h2-5,8-9H,6-7H2,1H3. The van der Waals surface area contributed by atoms with Gasteiger partial charge in [0.2, 0.25) is 0 Å². The zero-order valence-corrected chi connectivity index (χ0v) is 9.91. The van der Waals surface area contributed by atoms with Crippen LogP contribution in [0.15, 0.2) is 36.5 Å². The second-order valence-corrected chi connectivity index (χ2v) is 4.29. The Morgan fingerprint density at radius 3 is 2.56 bits per heavy atom. The molecule has 16 heavy (non-hydrogen) atoms. The van der Waals surface area contributed by atoms with E-state index in [0.717, 1.165) is 18.5 Å². The molecular weight excluding hydrogens is 220 g/mol. The van der Waals surface area contributed by atoms with Crippen LogP contribution in [-0.2, 0) is 12.8 Å². The molecule has 0 saturated heterocycles. The van der Waals surface area contributed by atoms with Crippen molar-refractivity contribution in [3.05, 3.63) is 58.4 Å². The van der Waals surface area contributed by atoms with Crippen LogP contribution in [-0.4, -0.2) is 10.2 Å². The lowest BCUT2D eigenvalue weighted by Gasteiger charge is -2.01. The summed E-state index contributed by atoms with van der Waals surface area (Å²) < 4.78 is 0. The van der Waals surface area contributed by atoms with Gasteiger partial charge in [-0.15, -0.1) is 0 Å². The number of rotatable bonds is 3. The largest absolute Gasteiger partial charge is 0.157 e. The van der Waals surface area contributed by atoms with Crippen molar-refractivity contribution in [2.75, 3.05) is 0 Å². The molecule has 0 unspecified atom stereocenters. The van der Waals surface area contributed by atoms with Gasteiger partial charge in [-0.3, -0.25) is 0 Å². The van der Waals surface area contributed by atoms with Crippen LogP contribution in [0, 0.1) is 6.92 Å². The van der Waals surface area contributed by atoms with Gasteiger partial charge in [0, 0.05) is 0 Å². The average molecular weight is 233 g/mol. The van der Waals surface area contributed by atoms with Crippen molar-refractivity contribution < 1.29 is 0 Å². The van der Waals surface area contributed by atoms with Gasteiger partial charge in [-0.2, -0.15) is 10.2 Å². The van der Waals surface area contributed by atoms with Gasteiger partial charge in [-0.25, -0.2) is 0 Å². The fraction of sp³-hybridized carbons (Fsp3) is 0.231. The molecule has 1 aromatic heterocycles. The molecule has 2 rings (SSSR count). The van der Waals surface area contributed by atoms with Crippen LogP contribution >= 0.6 is 11.6 Å². The van der Waals surface area contributed by atoms with Crippen LogP contribution in [0.1, 0.15) is 16.8 Å². The van der Waals surface area contributed by atoms with Gasteiger partial charge in [0.15, 0.2) is 0 Å². The first-order valence-corrected chi connectivity index (χ1v) is 5.64. The van der Waals surface area contributed by atoms with Crippen LogP contribution in [0.5, 0.6) is 0 Å². The maximum absolute atomic E-state index is 5.84. The molecule has 0 aliphatic heterocycles. The van der Waals surface area contributed by atoms with E-state index in [1.165, 1.54) is 11.1 Å². The molecule has 0 saturated carbocycles. The summed E-state index contributed by atoms with van der Waals surface area (Å²) >= 11 is 5.84. The molecule has 82 valence electrons. The second-order valence-electron chi connectivity index (χ2n) is 3.85. The van der Waals surface area contributed by atoms with E-state index >= 15 is 0 Å². The van der Waals surface area contributed by atoms with Crippen LogP contribution in [0.2, 0.25) is 5.02 Å². The van der Waals surface area contributed by atoms with Crippen molar-refractivity contribution in [3.63, 3.8) is 0 Å². The third-order valence-corrected chi connectivity index (χ3v) is 2.67.